The topological polar surface area (TPSA) is 49.7 Å². The second-order valence-corrected chi connectivity index (χ2v) is 7.28. The Labute approximate surface area is 110 Å². The highest BCUT2D eigenvalue weighted by Crippen LogP contribution is 2.77. The third-order valence-electron chi connectivity index (χ3n) is 7.01. The molecule has 0 amide bonds. The van der Waals surface area contributed by atoms with Gasteiger partial charge in [0.2, 0.25) is 0 Å². The maximum absolute atomic E-state index is 11.2. The Hall–Kier alpha value is -0.120. The van der Waals surface area contributed by atoms with E-state index >= 15 is 0 Å². The molecule has 0 aliphatic heterocycles. The van der Waals surface area contributed by atoms with Crippen molar-refractivity contribution in [2.75, 3.05) is 20.3 Å². The first-order valence-electron chi connectivity index (χ1n) is 7.27. The number of ether oxygens (including phenoxy) is 1. The van der Waals surface area contributed by atoms with Crippen LogP contribution >= 0.6 is 0 Å². The van der Waals surface area contributed by atoms with Crippen molar-refractivity contribution in [1.29, 1.82) is 0 Å². The van der Waals surface area contributed by atoms with Gasteiger partial charge in [0, 0.05) is 25.0 Å². The molecule has 3 aliphatic rings. The van der Waals surface area contributed by atoms with E-state index in [1.54, 1.807) is 7.11 Å². The van der Waals surface area contributed by atoms with Gasteiger partial charge in [0.25, 0.3) is 0 Å². The smallest absolute Gasteiger partial charge is 0.0991 e. The van der Waals surface area contributed by atoms with Crippen LogP contribution in [-0.2, 0) is 4.74 Å². The zero-order valence-corrected chi connectivity index (χ0v) is 11.8. The van der Waals surface area contributed by atoms with Gasteiger partial charge in [-0.25, -0.2) is 0 Å². The van der Waals surface area contributed by atoms with Crippen LogP contribution in [0, 0.1) is 28.6 Å². The fourth-order valence-electron chi connectivity index (χ4n) is 6.13. The number of rotatable bonds is 3. The van der Waals surface area contributed by atoms with Crippen molar-refractivity contribution in [2.45, 2.75) is 45.1 Å². The van der Waals surface area contributed by atoms with Crippen molar-refractivity contribution in [1.82, 2.24) is 0 Å². The van der Waals surface area contributed by atoms with E-state index < -0.39 is 5.60 Å². The van der Waals surface area contributed by atoms with Crippen LogP contribution in [0.5, 0.6) is 0 Å². The summed E-state index contributed by atoms with van der Waals surface area (Å²) in [7, 11) is 1.65. The van der Waals surface area contributed by atoms with E-state index in [2.05, 4.69) is 13.8 Å². The molecule has 3 rings (SSSR count). The Kier molecular flexibility index (Phi) is 2.66. The molecule has 0 heterocycles. The lowest BCUT2D eigenvalue weighted by Gasteiger charge is -2.48. The molecule has 0 aromatic carbocycles. The van der Waals surface area contributed by atoms with Gasteiger partial charge in [-0.1, -0.05) is 26.7 Å². The minimum Gasteiger partial charge on any atom is -0.396 e. The predicted octanol–water partition coefficient (Wildman–Crippen LogP) is 1.82. The first kappa shape index (κ1) is 12.9. The molecule has 3 nitrogen and oxygen atoms in total. The van der Waals surface area contributed by atoms with Gasteiger partial charge >= 0.3 is 0 Å². The van der Waals surface area contributed by atoms with Gasteiger partial charge in [-0.3, -0.25) is 0 Å². The largest absolute Gasteiger partial charge is 0.396 e. The van der Waals surface area contributed by atoms with Crippen molar-refractivity contribution < 1.29 is 14.9 Å². The third-order valence-corrected chi connectivity index (χ3v) is 7.01. The Morgan fingerprint density at radius 2 is 2.06 bits per heavy atom. The number of methoxy groups -OCH3 is 1. The Morgan fingerprint density at radius 1 is 1.33 bits per heavy atom. The fourth-order valence-corrected chi connectivity index (χ4v) is 6.13. The van der Waals surface area contributed by atoms with Gasteiger partial charge in [-0.05, 0) is 30.1 Å². The second-order valence-electron chi connectivity index (χ2n) is 7.28. The van der Waals surface area contributed by atoms with E-state index in [4.69, 9.17) is 4.74 Å². The number of hydrogen-bond donors (Lipinski definition) is 2. The van der Waals surface area contributed by atoms with Crippen molar-refractivity contribution in [2.24, 2.45) is 28.6 Å². The van der Waals surface area contributed by atoms with E-state index in [0.717, 1.165) is 6.42 Å². The average molecular weight is 254 g/mol. The molecule has 4 bridgehead atoms. The molecule has 0 aromatic heterocycles. The Bertz CT molecular complexity index is 358. The molecule has 104 valence electrons. The Morgan fingerprint density at radius 3 is 2.67 bits per heavy atom. The van der Waals surface area contributed by atoms with E-state index in [9.17, 15) is 10.2 Å². The summed E-state index contributed by atoms with van der Waals surface area (Å²) in [5.74, 6) is 1.16. The van der Waals surface area contributed by atoms with Gasteiger partial charge in [0.1, 0.15) is 0 Å². The Balaban J connectivity index is 2.10. The van der Waals surface area contributed by atoms with Gasteiger partial charge in [0.15, 0.2) is 0 Å². The van der Waals surface area contributed by atoms with Crippen molar-refractivity contribution in [3.05, 3.63) is 0 Å². The van der Waals surface area contributed by atoms with Crippen LogP contribution in [0.2, 0.25) is 0 Å². The van der Waals surface area contributed by atoms with Crippen LogP contribution in [0.4, 0.5) is 0 Å². The zero-order chi connectivity index (χ0) is 13.2. The highest BCUT2D eigenvalue weighted by Gasteiger charge is 2.77. The molecular weight excluding hydrogens is 228 g/mol. The summed E-state index contributed by atoms with van der Waals surface area (Å²) >= 11 is 0. The van der Waals surface area contributed by atoms with E-state index in [0.29, 0.717) is 18.4 Å². The highest BCUT2D eigenvalue weighted by atomic mass is 16.5. The second kappa shape index (κ2) is 3.71. The van der Waals surface area contributed by atoms with Gasteiger partial charge in [0.05, 0.1) is 12.2 Å². The summed E-state index contributed by atoms with van der Waals surface area (Å²) in [6.07, 6.45) is 4.83. The third kappa shape index (κ3) is 1.13. The zero-order valence-electron chi connectivity index (χ0n) is 11.8. The molecule has 3 aliphatic carbocycles. The summed E-state index contributed by atoms with van der Waals surface area (Å²) in [6, 6.07) is 0. The molecule has 0 spiro atoms. The monoisotopic (exact) mass is 254 g/mol. The van der Waals surface area contributed by atoms with Crippen molar-refractivity contribution in [3.8, 4) is 0 Å². The highest BCUT2D eigenvalue weighted by molar-refractivity contribution is 5.25. The first-order chi connectivity index (χ1) is 8.44. The summed E-state index contributed by atoms with van der Waals surface area (Å²) in [5.41, 5.74) is -0.775. The van der Waals surface area contributed by atoms with Gasteiger partial charge < -0.3 is 14.9 Å². The van der Waals surface area contributed by atoms with Crippen LogP contribution in [0.1, 0.15) is 39.5 Å². The maximum atomic E-state index is 11.2. The summed E-state index contributed by atoms with van der Waals surface area (Å²) in [4.78, 5) is 0. The van der Waals surface area contributed by atoms with Crippen LogP contribution < -0.4 is 0 Å². The molecule has 2 N–H and O–H groups in total. The lowest BCUT2D eigenvalue weighted by Crippen LogP contribution is -2.56. The molecule has 3 heteroatoms. The SMILES string of the molecule is COC[C@@]1(O)[C@H](CO)[C@@H]2[C@H]3CCC[C@]2(C)[C@]1(C)C3. The van der Waals surface area contributed by atoms with Crippen molar-refractivity contribution in [3.63, 3.8) is 0 Å². The molecule has 6 atom stereocenters. The standard InChI is InChI=1S/C15H26O3/c1-13-6-4-5-10-7-14(13,2)15(17,9-18-3)11(8-16)12(10)13/h10-12,16-17H,4-9H2,1-3H3/t10-,11+,12-,13-,14-,15+/m0/s1. The van der Waals surface area contributed by atoms with Crippen LogP contribution in [0.15, 0.2) is 0 Å². The molecule has 0 radical (unpaired) electrons. The average Bonchev–Trinajstić information content (AvgIpc) is 2.54. The maximum Gasteiger partial charge on any atom is 0.0991 e. The summed E-state index contributed by atoms with van der Waals surface area (Å²) in [5, 5.41) is 21.0. The molecule has 0 saturated heterocycles. The summed E-state index contributed by atoms with van der Waals surface area (Å²) < 4.78 is 5.31. The minimum absolute atomic E-state index is 0.00787. The van der Waals surface area contributed by atoms with Gasteiger partial charge in [-0.15, -0.1) is 0 Å². The molecule has 0 aromatic rings. The number of aliphatic hydroxyl groups excluding tert-OH is 1. The quantitative estimate of drug-likeness (QED) is 0.807. The van der Waals surface area contributed by atoms with E-state index in [-0.39, 0.29) is 23.4 Å². The molecular formula is C15H26O3. The van der Waals surface area contributed by atoms with E-state index in [1.165, 1.54) is 19.3 Å². The van der Waals surface area contributed by atoms with Crippen molar-refractivity contribution >= 4 is 0 Å². The van der Waals surface area contributed by atoms with Crippen LogP contribution in [0.25, 0.3) is 0 Å². The molecule has 18 heavy (non-hydrogen) atoms. The first-order valence-corrected chi connectivity index (χ1v) is 7.27. The fraction of sp³-hybridized carbons (Fsp3) is 1.00. The van der Waals surface area contributed by atoms with Crippen LogP contribution in [0.3, 0.4) is 0 Å². The predicted molar refractivity (Wildman–Crippen MR) is 69.1 cm³/mol. The molecule has 3 saturated carbocycles. The number of aliphatic hydroxyl groups is 2. The minimum atomic E-state index is -0.850. The lowest BCUT2D eigenvalue weighted by molar-refractivity contribution is -0.165. The molecule has 0 unspecified atom stereocenters. The summed E-state index contributed by atoms with van der Waals surface area (Å²) in [6.45, 7) is 5.02. The molecule has 3 fully saturated rings. The van der Waals surface area contributed by atoms with Crippen LogP contribution in [-0.4, -0.2) is 36.1 Å². The number of hydrogen-bond acceptors (Lipinski definition) is 3. The normalized spacial score (nSPS) is 58.2. The van der Waals surface area contributed by atoms with Gasteiger partial charge in [-0.2, -0.15) is 0 Å². The van der Waals surface area contributed by atoms with E-state index in [1.807, 2.05) is 0 Å². The lowest BCUT2D eigenvalue weighted by atomic mass is 9.62.